The number of rotatable bonds is 5. The third-order valence-electron chi connectivity index (χ3n) is 4.43. The zero-order valence-electron chi connectivity index (χ0n) is 12.3. The summed E-state index contributed by atoms with van der Waals surface area (Å²) < 4.78 is 2.05. The highest BCUT2D eigenvalue weighted by atomic mass is 15.0. The largest absolute Gasteiger partial charge is 0.338 e. The highest BCUT2D eigenvalue weighted by molar-refractivity contribution is 5.36. The third-order valence-corrected chi connectivity index (χ3v) is 4.43. The van der Waals surface area contributed by atoms with Crippen LogP contribution in [-0.2, 0) is 18.9 Å². The van der Waals surface area contributed by atoms with Crippen LogP contribution in [0.25, 0.3) is 0 Å². The van der Waals surface area contributed by atoms with E-state index in [1.165, 1.54) is 0 Å². The summed E-state index contributed by atoms with van der Waals surface area (Å²) in [4.78, 5) is 4.32. The lowest BCUT2D eigenvalue weighted by molar-refractivity contribution is 0.228. The normalized spacial score (nSPS) is 24.3. The van der Waals surface area contributed by atoms with Crippen LogP contribution < -0.4 is 5.32 Å². The second kappa shape index (κ2) is 5.71. The number of nitrogens with one attached hydrogen (secondary N) is 1. The van der Waals surface area contributed by atoms with Gasteiger partial charge in [0, 0.05) is 38.4 Å². The SMILES string of the molecule is Cn1ccnc1CCNC1CC(C#N)(c2ccccc2)C1. The molecule has 108 valence electrons. The van der Waals surface area contributed by atoms with Gasteiger partial charge in [0.1, 0.15) is 5.82 Å². The molecule has 1 aliphatic rings. The van der Waals surface area contributed by atoms with Crippen LogP contribution in [0.4, 0.5) is 0 Å². The molecule has 4 heteroatoms. The van der Waals surface area contributed by atoms with Gasteiger partial charge in [0.05, 0.1) is 11.5 Å². The summed E-state index contributed by atoms with van der Waals surface area (Å²) in [5.41, 5.74) is 0.858. The van der Waals surface area contributed by atoms with E-state index in [4.69, 9.17) is 0 Å². The first-order valence-corrected chi connectivity index (χ1v) is 7.40. The Labute approximate surface area is 125 Å². The van der Waals surface area contributed by atoms with Crippen LogP contribution in [0.5, 0.6) is 0 Å². The Hall–Kier alpha value is -2.12. The van der Waals surface area contributed by atoms with E-state index in [1.54, 1.807) is 0 Å². The first-order chi connectivity index (χ1) is 10.2. The minimum absolute atomic E-state index is 0.290. The van der Waals surface area contributed by atoms with Gasteiger partial charge in [0.2, 0.25) is 0 Å². The number of hydrogen-bond donors (Lipinski definition) is 1. The highest BCUT2D eigenvalue weighted by Crippen LogP contribution is 2.43. The molecule has 0 saturated heterocycles. The number of aromatic nitrogens is 2. The lowest BCUT2D eigenvalue weighted by Gasteiger charge is -2.43. The fourth-order valence-corrected chi connectivity index (χ4v) is 3.10. The maximum absolute atomic E-state index is 9.53. The molecule has 1 N–H and O–H groups in total. The summed E-state index contributed by atoms with van der Waals surface area (Å²) in [6.07, 6.45) is 6.51. The third kappa shape index (κ3) is 2.70. The molecule has 0 spiro atoms. The number of benzene rings is 1. The van der Waals surface area contributed by atoms with Crippen molar-refractivity contribution in [1.29, 1.82) is 5.26 Å². The van der Waals surface area contributed by atoms with Crippen molar-refractivity contribution in [2.45, 2.75) is 30.7 Å². The van der Waals surface area contributed by atoms with Crippen molar-refractivity contribution in [3.63, 3.8) is 0 Å². The zero-order chi connectivity index (χ0) is 14.7. The molecule has 1 heterocycles. The number of aryl methyl sites for hydroxylation is 1. The average Bonchev–Trinajstić information content (AvgIpc) is 2.88. The van der Waals surface area contributed by atoms with Gasteiger partial charge in [-0.25, -0.2) is 4.98 Å². The maximum atomic E-state index is 9.53. The summed E-state index contributed by atoms with van der Waals surface area (Å²) in [5.74, 6) is 1.09. The monoisotopic (exact) mass is 280 g/mol. The van der Waals surface area contributed by atoms with Gasteiger partial charge in [-0.15, -0.1) is 0 Å². The summed E-state index contributed by atoms with van der Waals surface area (Å²) in [6.45, 7) is 0.909. The molecule has 0 aliphatic heterocycles. The van der Waals surface area contributed by atoms with Gasteiger partial charge in [0.15, 0.2) is 0 Å². The van der Waals surface area contributed by atoms with Crippen molar-refractivity contribution in [3.05, 3.63) is 54.1 Å². The first kappa shape index (κ1) is 13.8. The molecule has 1 aromatic carbocycles. The fourth-order valence-electron chi connectivity index (χ4n) is 3.10. The summed E-state index contributed by atoms with van der Waals surface area (Å²) >= 11 is 0. The lowest BCUT2D eigenvalue weighted by atomic mass is 9.62. The Morgan fingerprint density at radius 3 is 2.76 bits per heavy atom. The molecule has 3 rings (SSSR count). The molecule has 0 radical (unpaired) electrons. The number of nitriles is 1. The van der Waals surface area contributed by atoms with Crippen molar-refractivity contribution in [3.8, 4) is 6.07 Å². The summed E-state index contributed by atoms with van der Waals surface area (Å²) in [7, 11) is 2.02. The van der Waals surface area contributed by atoms with Crippen molar-refractivity contribution in [1.82, 2.24) is 14.9 Å². The van der Waals surface area contributed by atoms with Gasteiger partial charge in [0.25, 0.3) is 0 Å². The molecule has 0 bridgehead atoms. The van der Waals surface area contributed by atoms with Crippen molar-refractivity contribution in [2.24, 2.45) is 7.05 Å². The van der Waals surface area contributed by atoms with E-state index >= 15 is 0 Å². The first-order valence-electron chi connectivity index (χ1n) is 7.40. The van der Waals surface area contributed by atoms with E-state index in [-0.39, 0.29) is 5.41 Å². The minimum atomic E-state index is -0.290. The molecule has 0 unspecified atom stereocenters. The van der Waals surface area contributed by atoms with Crippen molar-refractivity contribution < 1.29 is 0 Å². The van der Waals surface area contributed by atoms with E-state index < -0.39 is 0 Å². The molecule has 1 aromatic heterocycles. The maximum Gasteiger partial charge on any atom is 0.109 e. The van der Waals surface area contributed by atoms with E-state index in [2.05, 4.69) is 28.5 Å². The van der Waals surface area contributed by atoms with Gasteiger partial charge in [-0.2, -0.15) is 5.26 Å². The molecule has 0 atom stereocenters. The smallest absolute Gasteiger partial charge is 0.109 e. The number of imidazole rings is 1. The van der Waals surface area contributed by atoms with Crippen LogP contribution in [0.15, 0.2) is 42.7 Å². The molecular formula is C17H20N4. The quantitative estimate of drug-likeness (QED) is 0.913. The van der Waals surface area contributed by atoms with Crippen LogP contribution in [0.2, 0.25) is 0 Å². The van der Waals surface area contributed by atoms with Gasteiger partial charge in [-0.3, -0.25) is 0 Å². The second-order valence-corrected chi connectivity index (χ2v) is 5.82. The van der Waals surface area contributed by atoms with Gasteiger partial charge in [-0.05, 0) is 18.4 Å². The molecule has 2 aromatic rings. The Morgan fingerprint density at radius 1 is 1.38 bits per heavy atom. The fraction of sp³-hybridized carbons (Fsp3) is 0.412. The van der Waals surface area contributed by atoms with Crippen molar-refractivity contribution in [2.75, 3.05) is 6.54 Å². The molecule has 0 amide bonds. The Kier molecular flexibility index (Phi) is 3.76. The highest BCUT2D eigenvalue weighted by Gasteiger charge is 2.45. The topological polar surface area (TPSA) is 53.6 Å². The van der Waals surface area contributed by atoms with Crippen LogP contribution in [-0.4, -0.2) is 22.1 Å². The van der Waals surface area contributed by atoms with E-state index in [1.807, 2.05) is 42.2 Å². The van der Waals surface area contributed by atoms with Crippen LogP contribution in [0, 0.1) is 11.3 Å². The van der Waals surface area contributed by atoms with E-state index in [9.17, 15) is 5.26 Å². The predicted molar refractivity (Wildman–Crippen MR) is 81.7 cm³/mol. The van der Waals surface area contributed by atoms with E-state index in [0.717, 1.165) is 37.2 Å². The number of hydrogen-bond acceptors (Lipinski definition) is 3. The molecule has 1 aliphatic carbocycles. The molecule has 21 heavy (non-hydrogen) atoms. The molecule has 1 saturated carbocycles. The Balaban J connectivity index is 1.51. The standard InChI is InChI=1S/C17H20N4/c1-21-10-9-20-16(21)7-8-19-15-11-17(12-15,13-18)14-5-3-2-4-6-14/h2-6,9-10,15,19H,7-8,11-12H2,1H3. The van der Waals surface area contributed by atoms with Crippen LogP contribution >= 0.6 is 0 Å². The van der Waals surface area contributed by atoms with Crippen molar-refractivity contribution >= 4 is 0 Å². The molecule has 1 fully saturated rings. The molecular weight excluding hydrogens is 260 g/mol. The summed E-state index contributed by atoms with van der Waals surface area (Å²) in [5, 5.41) is 13.1. The Morgan fingerprint density at radius 2 is 2.14 bits per heavy atom. The van der Waals surface area contributed by atoms with E-state index in [0.29, 0.717) is 6.04 Å². The summed E-state index contributed by atoms with van der Waals surface area (Å²) in [6, 6.07) is 13.1. The minimum Gasteiger partial charge on any atom is -0.338 e. The number of nitrogens with zero attached hydrogens (tertiary/aromatic N) is 3. The van der Waals surface area contributed by atoms with Gasteiger partial charge in [-0.1, -0.05) is 30.3 Å². The zero-order valence-corrected chi connectivity index (χ0v) is 12.3. The lowest BCUT2D eigenvalue weighted by Crippen LogP contribution is -2.51. The van der Waals surface area contributed by atoms with Gasteiger partial charge >= 0.3 is 0 Å². The van der Waals surface area contributed by atoms with Gasteiger partial charge < -0.3 is 9.88 Å². The predicted octanol–water partition coefficient (Wildman–Crippen LogP) is 2.18. The second-order valence-electron chi connectivity index (χ2n) is 5.82. The van der Waals surface area contributed by atoms with Crippen LogP contribution in [0.3, 0.4) is 0 Å². The molecule has 4 nitrogen and oxygen atoms in total. The Bertz CT molecular complexity index is 632. The average molecular weight is 280 g/mol. The van der Waals surface area contributed by atoms with Crippen LogP contribution in [0.1, 0.15) is 24.2 Å².